The number of carbonyl (C=O) groups excluding carboxylic acids is 2. The van der Waals surface area contributed by atoms with Crippen molar-refractivity contribution in [2.24, 2.45) is 0 Å². The highest BCUT2D eigenvalue weighted by atomic mass is 32.1. The van der Waals surface area contributed by atoms with E-state index >= 15 is 0 Å². The molecule has 2 heterocycles. The van der Waals surface area contributed by atoms with Crippen LogP contribution >= 0.6 is 22.7 Å². The van der Waals surface area contributed by atoms with Crippen LogP contribution in [0.25, 0.3) is 0 Å². The number of halogens is 1. The third-order valence-corrected chi connectivity index (χ3v) is 5.10. The van der Waals surface area contributed by atoms with Crippen LogP contribution in [0.3, 0.4) is 0 Å². The standard InChI is InChI=1S/C18H16FN3O3S2/c19-12-4-1-2-5-14(12)25-10-16-22-13(11-27-16)17(23)20-7-8-21-18(24)15-6-3-9-26-15/h1-6,9,11H,7-8,10H2,(H,20,23)(H,21,24). The van der Waals surface area contributed by atoms with Crippen LogP contribution in [-0.4, -0.2) is 29.9 Å². The van der Waals surface area contributed by atoms with Crippen molar-refractivity contribution in [1.82, 2.24) is 15.6 Å². The van der Waals surface area contributed by atoms with Crippen molar-refractivity contribution in [3.8, 4) is 5.75 Å². The van der Waals surface area contributed by atoms with E-state index in [1.165, 1.54) is 34.8 Å². The second-order valence-corrected chi connectivity index (χ2v) is 7.23. The second kappa shape index (κ2) is 9.24. The molecule has 0 aliphatic rings. The lowest BCUT2D eigenvalue weighted by Crippen LogP contribution is -2.34. The molecule has 3 rings (SSSR count). The molecule has 6 nitrogen and oxygen atoms in total. The van der Waals surface area contributed by atoms with Gasteiger partial charge in [-0.2, -0.15) is 0 Å². The maximum absolute atomic E-state index is 13.5. The lowest BCUT2D eigenvalue weighted by molar-refractivity contribution is 0.0927. The predicted octanol–water partition coefficient (Wildman–Crippen LogP) is 3.08. The summed E-state index contributed by atoms with van der Waals surface area (Å²) in [4.78, 5) is 28.7. The van der Waals surface area contributed by atoms with Crippen molar-refractivity contribution in [2.45, 2.75) is 6.61 Å². The number of aromatic nitrogens is 1. The van der Waals surface area contributed by atoms with E-state index in [0.29, 0.717) is 16.4 Å². The molecular weight excluding hydrogens is 389 g/mol. The SMILES string of the molecule is O=C(NCCNC(=O)c1cccs1)c1csc(COc2ccccc2F)n1. The smallest absolute Gasteiger partial charge is 0.270 e. The van der Waals surface area contributed by atoms with Gasteiger partial charge in [0, 0.05) is 18.5 Å². The largest absolute Gasteiger partial charge is 0.483 e. The molecule has 1 aromatic carbocycles. The van der Waals surface area contributed by atoms with Crippen LogP contribution in [0, 0.1) is 5.82 Å². The molecule has 140 valence electrons. The molecule has 0 saturated heterocycles. The van der Waals surface area contributed by atoms with Gasteiger partial charge in [-0.05, 0) is 23.6 Å². The Bertz CT molecular complexity index is 912. The fourth-order valence-corrected chi connectivity index (χ4v) is 3.45. The summed E-state index contributed by atoms with van der Waals surface area (Å²) in [5.41, 5.74) is 0.261. The first-order valence-electron chi connectivity index (χ1n) is 8.05. The fraction of sp³-hybridized carbons (Fsp3) is 0.167. The summed E-state index contributed by atoms with van der Waals surface area (Å²) in [6.45, 7) is 0.681. The number of thiazole rings is 1. The number of ether oxygens (including phenoxy) is 1. The first kappa shape index (κ1) is 19.0. The number of amides is 2. The number of carbonyl (C=O) groups is 2. The van der Waals surface area contributed by atoms with Gasteiger partial charge in [0.15, 0.2) is 11.6 Å². The third-order valence-electron chi connectivity index (χ3n) is 3.41. The van der Waals surface area contributed by atoms with E-state index in [9.17, 15) is 14.0 Å². The summed E-state index contributed by atoms with van der Waals surface area (Å²) in [7, 11) is 0. The molecule has 2 N–H and O–H groups in total. The van der Waals surface area contributed by atoms with Gasteiger partial charge >= 0.3 is 0 Å². The molecule has 2 amide bonds. The van der Waals surface area contributed by atoms with Gasteiger partial charge in [-0.3, -0.25) is 9.59 Å². The number of para-hydroxylation sites is 1. The zero-order valence-electron chi connectivity index (χ0n) is 14.1. The summed E-state index contributed by atoms with van der Waals surface area (Å²) in [6, 6.07) is 9.64. The summed E-state index contributed by atoms with van der Waals surface area (Å²) >= 11 is 2.61. The van der Waals surface area contributed by atoms with E-state index in [0.717, 1.165) is 0 Å². The Kier molecular flexibility index (Phi) is 6.50. The quantitative estimate of drug-likeness (QED) is 0.565. The van der Waals surface area contributed by atoms with Crippen LogP contribution < -0.4 is 15.4 Å². The van der Waals surface area contributed by atoms with Gasteiger partial charge in [-0.25, -0.2) is 9.37 Å². The van der Waals surface area contributed by atoms with E-state index in [-0.39, 0.29) is 36.4 Å². The molecule has 0 atom stereocenters. The van der Waals surface area contributed by atoms with Crippen molar-refractivity contribution in [2.75, 3.05) is 13.1 Å². The zero-order chi connectivity index (χ0) is 19.1. The summed E-state index contributed by atoms with van der Waals surface area (Å²) < 4.78 is 18.9. The van der Waals surface area contributed by atoms with Gasteiger partial charge in [0.2, 0.25) is 0 Å². The van der Waals surface area contributed by atoms with Gasteiger partial charge in [-0.15, -0.1) is 22.7 Å². The van der Waals surface area contributed by atoms with E-state index < -0.39 is 5.82 Å². The van der Waals surface area contributed by atoms with Gasteiger partial charge in [0.1, 0.15) is 17.3 Å². The molecule has 0 aliphatic carbocycles. The average Bonchev–Trinajstić information content (AvgIpc) is 3.36. The van der Waals surface area contributed by atoms with Crippen molar-refractivity contribution < 1.29 is 18.7 Å². The molecule has 0 fully saturated rings. The maximum Gasteiger partial charge on any atom is 0.270 e. The molecule has 0 unspecified atom stereocenters. The first-order chi connectivity index (χ1) is 13.1. The predicted molar refractivity (Wildman–Crippen MR) is 102 cm³/mol. The number of nitrogens with zero attached hydrogens (tertiary/aromatic N) is 1. The Morgan fingerprint density at radius 2 is 1.81 bits per heavy atom. The van der Waals surface area contributed by atoms with E-state index in [1.54, 1.807) is 29.6 Å². The van der Waals surface area contributed by atoms with Crippen LogP contribution in [0.1, 0.15) is 25.2 Å². The van der Waals surface area contributed by atoms with Crippen LogP contribution in [-0.2, 0) is 6.61 Å². The lowest BCUT2D eigenvalue weighted by Gasteiger charge is -2.05. The molecule has 3 aromatic rings. The Balaban J connectivity index is 1.41. The Hall–Kier alpha value is -2.78. The molecule has 0 spiro atoms. The Morgan fingerprint density at radius 3 is 2.56 bits per heavy atom. The molecule has 9 heteroatoms. The molecule has 0 aliphatic heterocycles. The normalized spacial score (nSPS) is 10.4. The summed E-state index contributed by atoms with van der Waals surface area (Å²) in [5.74, 6) is -0.814. The zero-order valence-corrected chi connectivity index (χ0v) is 15.7. The molecule has 0 saturated carbocycles. The van der Waals surface area contributed by atoms with E-state index in [4.69, 9.17) is 4.74 Å². The molecule has 0 radical (unpaired) electrons. The number of benzene rings is 1. The number of hydrogen-bond donors (Lipinski definition) is 2. The van der Waals surface area contributed by atoms with E-state index in [2.05, 4.69) is 15.6 Å². The monoisotopic (exact) mass is 405 g/mol. The number of thiophene rings is 1. The highest BCUT2D eigenvalue weighted by Crippen LogP contribution is 2.18. The van der Waals surface area contributed by atoms with Gasteiger partial charge in [-0.1, -0.05) is 18.2 Å². The first-order valence-corrected chi connectivity index (χ1v) is 9.81. The van der Waals surface area contributed by atoms with Crippen LogP contribution in [0.4, 0.5) is 4.39 Å². The second-order valence-electron chi connectivity index (χ2n) is 5.33. The number of hydrogen-bond acceptors (Lipinski definition) is 6. The average molecular weight is 405 g/mol. The van der Waals surface area contributed by atoms with Gasteiger partial charge < -0.3 is 15.4 Å². The van der Waals surface area contributed by atoms with Crippen LogP contribution in [0.15, 0.2) is 47.2 Å². The van der Waals surface area contributed by atoms with Crippen molar-refractivity contribution in [1.29, 1.82) is 0 Å². The topological polar surface area (TPSA) is 80.3 Å². The lowest BCUT2D eigenvalue weighted by atomic mass is 10.3. The molecular formula is C18H16FN3O3S2. The van der Waals surface area contributed by atoms with Crippen LogP contribution in [0.5, 0.6) is 5.75 Å². The molecule has 2 aromatic heterocycles. The van der Waals surface area contributed by atoms with Gasteiger partial charge in [0.05, 0.1) is 4.88 Å². The summed E-state index contributed by atoms with van der Waals surface area (Å²) in [5, 5.41) is 9.41. The minimum Gasteiger partial charge on any atom is -0.483 e. The van der Waals surface area contributed by atoms with Gasteiger partial charge in [0.25, 0.3) is 11.8 Å². The molecule has 0 bridgehead atoms. The number of nitrogens with one attached hydrogen (secondary N) is 2. The highest BCUT2D eigenvalue weighted by Gasteiger charge is 2.12. The van der Waals surface area contributed by atoms with Crippen molar-refractivity contribution >= 4 is 34.5 Å². The van der Waals surface area contributed by atoms with Crippen molar-refractivity contribution in [3.05, 3.63) is 68.6 Å². The Morgan fingerprint density at radius 1 is 1.04 bits per heavy atom. The minimum atomic E-state index is -0.448. The summed E-state index contributed by atoms with van der Waals surface area (Å²) in [6.07, 6.45) is 0. The highest BCUT2D eigenvalue weighted by molar-refractivity contribution is 7.12. The minimum absolute atomic E-state index is 0.0791. The number of rotatable bonds is 8. The third kappa shape index (κ3) is 5.35. The van der Waals surface area contributed by atoms with E-state index in [1.807, 2.05) is 5.38 Å². The maximum atomic E-state index is 13.5. The van der Waals surface area contributed by atoms with Crippen molar-refractivity contribution in [3.63, 3.8) is 0 Å². The van der Waals surface area contributed by atoms with Crippen LogP contribution in [0.2, 0.25) is 0 Å². The Labute approximate surface area is 163 Å². The fourth-order valence-electron chi connectivity index (χ4n) is 2.12. The molecule has 27 heavy (non-hydrogen) atoms.